The lowest BCUT2D eigenvalue weighted by Crippen LogP contribution is -2.46. The third-order valence-corrected chi connectivity index (χ3v) is 6.61. The summed E-state index contributed by atoms with van der Waals surface area (Å²) < 4.78 is 24.1. The number of hydrogen-bond acceptors (Lipinski definition) is 4. The highest BCUT2D eigenvalue weighted by molar-refractivity contribution is 7.91. The van der Waals surface area contributed by atoms with E-state index < -0.39 is 15.8 Å². The molecule has 1 aromatic rings. The van der Waals surface area contributed by atoms with E-state index in [1.807, 2.05) is 11.9 Å². The summed E-state index contributed by atoms with van der Waals surface area (Å²) in [5.74, 6) is -1.06. The van der Waals surface area contributed by atoms with Crippen LogP contribution in [0.15, 0.2) is 18.2 Å². The van der Waals surface area contributed by atoms with Crippen LogP contribution in [0.1, 0.15) is 41.6 Å². The van der Waals surface area contributed by atoms with Crippen LogP contribution in [0, 0.1) is 0 Å². The molecule has 2 rings (SSSR count). The Kier molecular flexibility index (Phi) is 5.70. The molecule has 0 radical (unpaired) electrons. The van der Waals surface area contributed by atoms with Gasteiger partial charge in [-0.2, -0.15) is 0 Å². The fraction of sp³-hybridized carbons (Fsp3) is 0.562. The summed E-state index contributed by atoms with van der Waals surface area (Å²) in [4.78, 5) is 13.2. The van der Waals surface area contributed by atoms with Crippen LogP contribution in [0.2, 0.25) is 5.02 Å². The molecule has 0 aromatic heterocycles. The number of halogens is 1. The van der Waals surface area contributed by atoms with Gasteiger partial charge in [-0.1, -0.05) is 36.6 Å². The maximum atomic E-state index is 12.0. The zero-order chi connectivity index (χ0) is 17.2. The molecule has 1 aliphatic rings. The predicted molar refractivity (Wildman–Crippen MR) is 90.8 cm³/mol. The van der Waals surface area contributed by atoms with Crippen molar-refractivity contribution in [1.82, 2.24) is 4.90 Å². The average molecular weight is 360 g/mol. The van der Waals surface area contributed by atoms with Crippen molar-refractivity contribution in [3.8, 4) is 0 Å². The molecule has 0 spiro atoms. The van der Waals surface area contributed by atoms with E-state index in [4.69, 9.17) is 16.7 Å². The molecule has 0 saturated heterocycles. The van der Waals surface area contributed by atoms with E-state index >= 15 is 0 Å². The molecule has 7 heteroatoms. The maximum Gasteiger partial charge on any atom is 0.337 e. The van der Waals surface area contributed by atoms with Crippen LogP contribution < -0.4 is 0 Å². The van der Waals surface area contributed by atoms with Gasteiger partial charge < -0.3 is 5.11 Å². The standard InChI is InChI=1S/C16H22ClNO4S/c1-18(13-8-3-4-9-14(13)23(2,21)22)10-11-6-5-7-12(15(11)17)16(19)20/h5-7,13-14H,3-4,8-10H2,1-2H3,(H,19,20). The minimum absolute atomic E-state index is 0.0664. The first kappa shape index (κ1) is 18.2. The lowest BCUT2D eigenvalue weighted by atomic mass is 9.93. The number of sulfone groups is 1. The number of nitrogens with zero attached hydrogens (tertiary/aromatic N) is 1. The molecule has 1 fully saturated rings. The van der Waals surface area contributed by atoms with Crippen LogP contribution in [0.25, 0.3) is 0 Å². The van der Waals surface area contributed by atoms with Gasteiger partial charge in [0.1, 0.15) is 0 Å². The number of carbonyl (C=O) groups is 1. The Hall–Kier alpha value is -1.11. The maximum absolute atomic E-state index is 12.0. The van der Waals surface area contributed by atoms with Crippen molar-refractivity contribution in [3.05, 3.63) is 34.3 Å². The molecule has 1 saturated carbocycles. The van der Waals surface area contributed by atoms with Gasteiger partial charge in [0, 0.05) is 18.8 Å². The van der Waals surface area contributed by atoms with Gasteiger partial charge >= 0.3 is 5.97 Å². The molecular formula is C16H22ClNO4S. The molecule has 2 atom stereocenters. The summed E-state index contributed by atoms with van der Waals surface area (Å²) in [5.41, 5.74) is 0.771. The van der Waals surface area contributed by atoms with Gasteiger partial charge in [0.05, 0.1) is 15.8 Å². The topological polar surface area (TPSA) is 74.7 Å². The number of hydrogen-bond donors (Lipinski definition) is 1. The molecule has 0 amide bonds. The fourth-order valence-corrected chi connectivity index (χ4v) is 5.11. The predicted octanol–water partition coefficient (Wildman–Crippen LogP) is 2.83. The average Bonchev–Trinajstić information content (AvgIpc) is 2.48. The first-order chi connectivity index (χ1) is 10.7. The molecule has 1 aromatic carbocycles. The minimum Gasteiger partial charge on any atom is -0.478 e. The van der Waals surface area contributed by atoms with Gasteiger partial charge in [0.15, 0.2) is 9.84 Å². The number of aromatic carboxylic acids is 1. The fourth-order valence-electron chi connectivity index (χ4n) is 3.33. The lowest BCUT2D eigenvalue weighted by molar-refractivity contribution is 0.0697. The summed E-state index contributed by atoms with van der Waals surface area (Å²) in [6.07, 6.45) is 4.73. The third kappa shape index (κ3) is 4.25. The second-order valence-electron chi connectivity index (χ2n) is 6.22. The van der Waals surface area contributed by atoms with Gasteiger partial charge in [-0.3, -0.25) is 4.90 Å². The Labute approximate surface area is 142 Å². The second-order valence-corrected chi connectivity index (χ2v) is 8.86. The molecule has 128 valence electrons. The van der Waals surface area contributed by atoms with Crippen LogP contribution in [0.5, 0.6) is 0 Å². The van der Waals surface area contributed by atoms with E-state index in [1.165, 1.54) is 12.3 Å². The molecule has 0 aliphatic heterocycles. The highest BCUT2D eigenvalue weighted by Crippen LogP contribution is 2.30. The minimum atomic E-state index is -3.11. The Morgan fingerprint density at radius 3 is 2.61 bits per heavy atom. The Morgan fingerprint density at radius 2 is 2.00 bits per heavy atom. The first-order valence-electron chi connectivity index (χ1n) is 7.61. The number of benzene rings is 1. The molecule has 5 nitrogen and oxygen atoms in total. The van der Waals surface area contributed by atoms with Gasteiger partial charge in [0.25, 0.3) is 0 Å². The lowest BCUT2D eigenvalue weighted by Gasteiger charge is -2.37. The Bertz CT molecular complexity index is 689. The van der Waals surface area contributed by atoms with E-state index in [9.17, 15) is 13.2 Å². The first-order valence-corrected chi connectivity index (χ1v) is 9.95. The molecule has 0 bridgehead atoms. The molecule has 1 N–H and O–H groups in total. The summed E-state index contributed by atoms with van der Waals surface area (Å²) >= 11 is 6.19. The molecule has 1 aliphatic carbocycles. The molecule has 2 unspecified atom stereocenters. The van der Waals surface area contributed by atoms with E-state index in [0.29, 0.717) is 18.5 Å². The van der Waals surface area contributed by atoms with Crippen LogP contribution in [0.3, 0.4) is 0 Å². The van der Waals surface area contributed by atoms with E-state index in [0.717, 1.165) is 19.3 Å². The Morgan fingerprint density at radius 1 is 1.35 bits per heavy atom. The van der Waals surface area contributed by atoms with Crippen molar-refractivity contribution in [2.75, 3.05) is 13.3 Å². The number of carboxylic acid groups (broad SMARTS) is 1. The number of carboxylic acids is 1. The summed E-state index contributed by atoms with van der Waals surface area (Å²) in [7, 11) is -1.24. The van der Waals surface area contributed by atoms with Crippen LogP contribution in [0.4, 0.5) is 0 Å². The monoisotopic (exact) mass is 359 g/mol. The van der Waals surface area contributed by atoms with Crippen molar-refractivity contribution in [2.45, 2.75) is 43.5 Å². The summed E-state index contributed by atoms with van der Waals surface area (Å²) in [6.45, 7) is 0.427. The van der Waals surface area contributed by atoms with Crippen LogP contribution in [-0.4, -0.2) is 49.0 Å². The van der Waals surface area contributed by atoms with E-state index in [1.54, 1.807) is 12.1 Å². The van der Waals surface area contributed by atoms with Crippen molar-refractivity contribution in [1.29, 1.82) is 0 Å². The summed E-state index contributed by atoms with van der Waals surface area (Å²) in [6, 6.07) is 4.84. The quantitative estimate of drug-likeness (QED) is 0.874. The van der Waals surface area contributed by atoms with Crippen molar-refractivity contribution >= 4 is 27.4 Å². The summed E-state index contributed by atoms with van der Waals surface area (Å²) in [5, 5.41) is 8.99. The zero-order valence-corrected chi connectivity index (χ0v) is 14.9. The van der Waals surface area contributed by atoms with Crippen molar-refractivity contribution in [2.24, 2.45) is 0 Å². The van der Waals surface area contributed by atoms with E-state index in [-0.39, 0.29) is 21.9 Å². The molecule has 0 heterocycles. The van der Waals surface area contributed by atoms with Crippen LogP contribution >= 0.6 is 11.6 Å². The largest absolute Gasteiger partial charge is 0.478 e. The van der Waals surface area contributed by atoms with Crippen molar-refractivity contribution in [3.63, 3.8) is 0 Å². The number of rotatable bonds is 5. The van der Waals surface area contributed by atoms with Gasteiger partial charge in [-0.25, -0.2) is 13.2 Å². The van der Waals surface area contributed by atoms with E-state index in [2.05, 4.69) is 0 Å². The highest BCUT2D eigenvalue weighted by atomic mass is 35.5. The van der Waals surface area contributed by atoms with Gasteiger partial charge in [-0.05, 0) is 31.5 Å². The van der Waals surface area contributed by atoms with Gasteiger partial charge in [-0.15, -0.1) is 0 Å². The SMILES string of the molecule is CN(Cc1cccc(C(=O)O)c1Cl)C1CCCCC1S(C)(=O)=O. The van der Waals surface area contributed by atoms with Gasteiger partial charge in [0.2, 0.25) is 0 Å². The normalized spacial score (nSPS) is 22.3. The zero-order valence-electron chi connectivity index (χ0n) is 13.3. The highest BCUT2D eigenvalue weighted by Gasteiger charge is 2.35. The molecular weight excluding hydrogens is 338 g/mol. The smallest absolute Gasteiger partial charge is 0.337 e. The third-order valence-electron chi connectivity index (χ3n) is 4.51. The Balaban J connectivity index is 2.22. The van der Waals surface area contributed by atoms with Crippen molar-refractivity contribution < 1.29 is 18.3 Å². The van der Waals surface area contributed by atoms with Crippen LogP contribution in [-0.2, 0) is 16.4 Å². The second kappa shape index (κ2) is 7.20. The molecule has 23 heavy (non-hydrogen) atoms.